The van der Waals surface area contributed by atoms with Crippen LogP contribution in [0.4, 0.5) is 5.00 Å². The summed E-state index contributed by atoms with van der Waals surface area (Å²) in [6.45, 7) is 5.79. The molecule has 2 aromatic rings. The van der Waals surface area contributed by atoms with Gasteiger partial charge in [-0.15, -0.1) is 11.3 Å². The molecule has 0 aliphatic heterocycles. The Morgan fingerprint density at radius 3 is 2.42 bits per heavy atom. The number of carbonyl (C=O) groups excluding carboxylic acids is 2. The maximum absolute atomic E-state index is 12.5. The summed E-state index contributed by atoms with van der Waals surface area (Å²) in [5.41, 5.74) is 2.03. The van der Waals surface area contributed by atoms with Crippen LogP contribution in [0, 0.1) is 13.8 Å². The van der Waals surface area contributed by atoms with Crippen molar-refractivity contribution in [2.75, 3.05) is 26.1 Å². The van der Waals surface area contributed by atoms with E-state index in [1.165, 1.54) is 11.3 Å². The zero-order chi connectivity index (χ0) is 19.3. The summed E-state index contributed by atoms with van der Waals surface area (Å²) in [7, 11) is 3.10. The van der Waals surface area contributed by atoms with Gasteiger partial charge in [-0.1, -0.05) is 6.07 Å². The topological polar surface area (TPSA) is 73.9 Å². The Morgan fingerprint density at radius 2 is 1.81 bits per heavy atom. The van der Waals surface area contributed by atoms with Gasteiger partial charge in [0.15, 0.2) is 11.5 Å². The lowest BCUT2D eigenvalue weighted by Crippen LogP contribution is -2.16. The van der Waals surface area contributed by atoms with Crippen LogP contribution in [-0.2, 0) is 16.0 Å². The van der Waals surface area contributed by atoms with Crippen LogP contribution in [0.1, 0.15) is 33.3 Å². The van der Waals surface area contributed by atoms with Crippen molar-refractivity contribution < 1.29 is 23.8 Å². The van der Waals surface area contributed by atoms with Crippen LogP contribution in [-0.4, -0.2) is 32.7 Å². The average Bonchev–Trinajstić information content (AvgIpc) is 2.88. The number of benzene rings is 1. The SMILES string of the molecule is CCOC(=O)c1c(NC(=O)Cc2ccc(OC)c(OC)c2)sc(C)c1C. The number of carbonyl (C=O) groups is 2. The van der Waals surface area contributed by atoms with Gasteiger partial charge in [-0.25, -0.2) is 4.79 Å². The molecule has 1 amide bonds. The van der Waals surface area contributed by atoms with Crippen molar-refractivity contribution in [3.05, 3.63) is 39.8 Å². The molecule has 140 valence electrons. The van der Waals surface area contributed by atoms with Crippen LogP contribution in [0.15, 0.2) is 18.2 Å². The van der Waals surface area contributed by atoms with E-state index in [2.05, 4.69) is 5.32 Å². The van der Waals surface area contributed by atoms with E-state index in [4.69, 9.17) is 14.2 Å². The monoisotopic (exact) mass is 377 g/mol. The number of ether oxygens (including phenoxy) is 3. The minimum atomic E-state index is -0.421. The quantitative estimate of drug-likeness (QED) is 0.744. The lowest BCUT2D eigenvalue weighted by atomic mass is 10.1. The average molecular weight is 377 g/mol. The zero-order valence-corrected chi connectivity index (χ0v) is 16.4. The molecule has 1 N–H and O–H groups in total. The van der Waals surface area contributed by atoms with Gasteiger partial charge in [0.25, 0.3) is 0 Å². The molecule has 1 heterocycles. The van der Waals surface area contributed by atoms with E-state index < -0.39 is 5.97 Å². The molecule has 1 aromatic heterocycles. The Morgan fingerprint density at radius 1 is 1.12 bits per heavy atom. The molecule has 6 nitrogen and oxygen atoms in total. The summed E-state index contributed by atoms with van der Waals surface area (Å²) in [6, 6.07) is 5.32. The maximum Gasteiger partial charge on any atom is 0.341 e. The highest BCUT2D eigenvalue weighted by atomic mass is 32.1. The summed E-state index contributed by atoms with van der Waals surface area (Å²) >= 11 is 1.37. The number of rotatable bonds is 7. The number of hydrogen-bond acceptors (Lipinski definition) is 6. The number of esters is 1. The molecule has 26 heavy (non-hydrogen) atoms. The smallest absolute Gasteiger partial charge is 0.341 e. The Kier molecular flexibility index (Phi) is 6.63. The van der Waals surface area contributed by atoms with E-state index in [0.717, 1.165) is 16.0 Å². The largest absolute Gasteiger partial charge is 0.493 e. The number of amides is 1. The number of nitrogens with one attached hydrogen (secondary N) is 1. The Balaban J connectivity index is 2.18. The highest BCUT2D eigenvalue weighted by Crippen LogP contribution is 2.33. The number of methoxy groups -OCH3 is 2. The molecular weight excluding hydrogens is 354 g/mol. The molecule has 0 bridgehead atoms. The van der Waals surface area contributed by atoms with Crippen molar-refractivity contribution in [3.8, 4) is 11.5 Å². The van der Waals surface area contributed by atoms with Crippen LogP contribution in [0.3, 0.4) is 0 Å². The fourth-order valence-electron chi connectivity index (χ4n) is 2.51. The third kappa shape index (κ3) is 4.35. The molecule has 0 radical (unpaired) electrons. The second kappa shape index (κ2) is 8.71. The third-order valence-electron chi connectivity index (χ3n) is 3.93. The normalized spacial score (nSPS) is 10.3. The number of thiophene rings is 1. The summed E-state index contributed by atoms with van der Waals surface area (Å²) in [5.74, 6) is 0.526. The molecule has 0 aliphatic carbocycles. The predicted octanol–water partition coefficient (Wildman–Crippen LogP) is 3.74. The maximum atomic E-state index is 12.5. The van der Waals surface area contributed by atoms with Gasteiger partial charge in [0, 0.05) is 4.88 Å². The summed E-state index contributed by atoms with van der Waals surface area (Å²) in [6.07, 6.45) is 0.151. The van der Waals surface area contributed by atoms with E-state index in [1.54, 1.807) is 39.3 Å². The van der Waals surface area contributed by atoms with Crippen LogP contribution in [0.5, 0.6) is 11.5 Å². The van der Waals surface area contributed by atoms with Gasteiger partial charge >= 0.3 is 5.97 Å². The van der Waals surface area contributed by atoms with E-state index in [-0.39, 0.29) is 18.9 Å². The van der Waals surface area contributed by atoms with Crippen LogP contribution in [0.25, 0.3) is 0 Å². The molecule has 0 unspecified atom stereocenters. The zero-order valence-electron chi connectivity index (χ0n) is 15.6. The Labute approximate surface area is 157 Å². The van der Waals surface area contributed by atoms with Crippen molar-refractivity contribution in [1.29, 1.82) is 0 Å². The molecular formula is C19H23NO5S. The highest BCUT2D eigenvalue weighted by molar-refractivity contribution is 7.16. The minimum absolute atomic E-state index is 0.151. The van der Waals surface area contributed by atoms with E-state index in [9.17, 15) is 9.59 Å². The van der Waals surface area contributed by atoms with Crippen LogP contribution in [0.2, 0.25) is 0 Å². The predicted molar refractivity (Wildman–Crippen MR) is 102 cm³/mol. The molecule has 0 fully saturated rings. The van der Waals surface area contributed by atoms with Gasteiger partial charge in [0.05, 0.1) is 32.8 Å². The van der Waals surface area contributed by atoms with E-state index >= 15 is 0 Å². The molecule has 1 aromatic carbocycles. The number of hydrogen-bond donors (Lipinski definition) is 1. The first-order valence-corrected chi connectivity index (χ1v) is 9.00. The standard InChI is InChI=1S/C19H23NO5S/c1-6-25-19(22)17-11(2)12(3)26-18(17)20-16(21)10-13-7-8-14(23-4)15(9-13)24-5/h7-9H,6,10H2,1-5H3,(H,20,21). The van der Waals surface area contributed by atoms with Crippen molar-refractivity contribution in [3.63, 3.8) is 0 Å². The van der Waals surface area contributed by atoms with Crippen molar-refractivity contribution >= 4 is 28.2 Å². The van der Waals surface area contributed by atoms with Gasteiger partial charge in [-0.2, -0.15) is 0 Å². The molecule has 2 rings (SSSR count). The first-order valence-electron chi connectivity index (χ1n) is 8.19. The first-order chi connectivity index (χ1) is 12.4. The Bertz CT molecular complexity index is 813. The van der Waals surface area contributed by atoms with Crippen molar-refractivity contribution in [1.82, 2.24) is 0 Å². The first kappa shape index (κ1) is 19.8. The second-order valence-electron chi connectivity index (χ2n) is 5.62. The molecule has 0 atom stereocenters. The van der Waals surface area contributed by atoms with E-state index in [0.29, 0.717) is 22.1 Å². The van der Waals surface area contributed by atoms with Crippen molar-refractivity contribution in [2.24, 2.45) is 0 Å². The van der Waals surface area contributed by atoms with Gasteiger partial charge in [-0.05, 0) is 44.0 Å². The molecule has 0 spiro atoms. The van der Waals surface area contributed by atoms with E-state index in [1.807, 2.05) is 13.8 Å². The summed E-state index contributed by atoms with van der Waals surface area (Å²) in [5, 5.41) is 3.35. The lowest BCUT2D eigenvalue weighted by Gasteiger charge is -2.10. The summed E-state index contributed by atoms with van der Waals surface area (Å²) < 4.78 is 15.6. The molecule has 7 heteroatoms. The fourth-order valence-corrected chi connectivity index (χ4v) is 3.58. The number of aryl methyl sites for hydroxylation is 1. The van der Waals surface area contributed by atoms with Gasteiger partial charge in [-0.3, -0.25) is 4.79 Å². The molecule has 0 aliphatic rings. The third-order valence-corrected chi connectivity index (χ3v) is 5.05. The summed E-state index contributed by atoms with van der Waals surface area (Å²) in [4.78, 5) is 25.6. The van der Waals surface area contributed by atoms with Crippen molar-refractivity contribution in [2.45, 2.75) is 27.2 Å². The lowest BCUT2D eigenvalue weighted by molar-refractivity contribution is -0.115. The molecule has 0 saturated heterocycles. The Hall–Kier alpha value is -2.54. The van der Waals surface area contributed by atoms with Gasteiger partial charge in [0.2, 0.25) is 5.91 Å². The fraction of sp³-hybridized carbons (Fsp3) is 0.368. The molecule has 0 saturated carbocycles. The number of anilines is 1. The van der Waals surface area contributed by atoms with Gasteiger partial charge in [0.1, 0.15) is 5.00 Å². The second-order valence-corrected chi connectivity index (χ2v) is 6.85. The van der Waals surface area contributed by atoms with Gasteiger partial charge < -0.3 is 19.5 Å². The van der Waals surface area contributed by atoms with Crippen LogP contribution < -0.4 is 14.8 Å². The minimum Gasteiger partial charge on any atom is -0.493 e. The van der Waals surface area contributed by atoms with Crippen LogP contribution >= 0.6 is 11.3 Å². The highest BCUT2D eigenvalue weighted by Gasteiger charge is 2.22.